The van der Waals surface area contributed by atoms with Crippen LogP contribution in [0, 0.1) is 0 Å². The number of amides is 1. The fourth-order valence-electron chi connectivity index (χ4n) is 4.43. The molecule has 1 N–H and O–H groups in total. The van der Waals surface area contributed by atoms with E-state index < -0.39 is 5.60 Å². The standard InChI is InChI=1S/C29H33NO6/c1-18(2)36-27-12-20-17-30(28(31)13-19(20)11-26(27)35-6)23-9-7-21(8-10-23)29(3,32)22-14-24(33-4)16-25(15-22)34-5/h7-12,14-16,18,32H,13,17H2,1-6H3. The lowest BCUT2D eigenvalue weighted by Gasteiger charge is -2.31. The zero-order valence-corrected chi connectivity index (χ0v) is 21.6. The molecule has 0 spiro atoms. The summed E-state index contributed by atoms with van der Waals surface area (Å²) in [4.78, 5) is 14.8. The van der Waals surface area contributed by atoms with Gasteiger partial charge < -0.3 is 29.0 Å². The Morgan fingerprint density at radius 2 is 1.44 bits per heavy atom. The number of benzene rings is 3. The molecule has 0 bridgehead atoms. The molecule has 7 heteroatoms. The third kappa shape index (κ3) is 4.97. The molecule has 0 radical (unpaired) electrons. The second kappa shape index (κ2) is 10.1. The molecular formula is C29H33NO6. The maximum Gasteiger partial charge on any atom is 0.231 e. The van der Waals surface area contributed by atoms with Gasteiger partial charge in [-0.25, -0.2) is 0 Å². The molecule has 0 saturated heterocycles. The summed E-state index contributed by atoms with van der Waals surface area (Å²) in [6.07, 6.45) is 0.277. The largest absolute Gasteiger partial charge is 0.497 e. The van der Waals surface area contributed by atoms with E-state index in [0.717, 1.165) is 16.8 Å². The van der Waals surface area contributed by atoms with Crippen molar-refractivity contribution in [1.29, 1.82) is 0 Å². The average Bonchev–Trinajstić information content (AvgIpc) is 2.87. The second-order valence-corrected chi connectivity index (χ2v) is 9.32. The van der Waals surface area contributed by atoms with Crippen LogP contribution in [0.4, 0.5) is 5.69 Å². The summed E-state index contributed by atoms with van der Waals surface area (Å²) in [5.74, 6) is 2.48. The number of fused-ring (bicyclic) bond motifs is 1. The number of hydrogen-bond acceptors (Lipinski definition) is 6. The Labute approximate surface area is 212 Å². The van der Waals surface area contributed by atoms with Crippen LogP contribution < -0.4 is 23.8 Å². The summed E-state index contributed by atoms with van der Waals surface area (Å²) >= 11 is 0. The Kier molecular flexibility index (Phi) is 7.13. The molecule has 1 amide bonds. The van der Waals surface area contributed by atoms with Gasteiger partial charge in [0.2, 0.25) is 5.91 Å². The van der Waals surface area contributed by atoms with Crippen LogP contribution in [0.3, 0.4) is 0 Å². The number of methoxy groups -OCH3 is 3. The van der Waals surface area contributed by atoms with E-state index in [1.54, 1.807) is 51.4 Å². The first-order valence-corrected chi connectivity index (χ1v) is 11.9. The number of hydrogen-bond donors (Lipinski definition) is 1. The molecule has 7 nitrogen and oxygen atoms in total. The van der Waals surface area contributed by atoms with E-state index in [-0.39, 0.29) is 18.4 Å². The van der Waals surface area contributed by atoms with Crippen molar-refractivity contribution in [1.82, 2.24) is 0 Å². The maximum absolute atomic E-state index is 13.0. The predicted molar refractivity (Wildman–Crippen MR) is 138 cm³/mol. The fraction of sp³-hybridized carbons (Fsp3) is 0.345. The van der Waals surface area contributed by atoms with Crippen molar-refractivity contribution in [3.63, 3.8) is 0 Å². The van der Waals surface area contributed by atoms with Crippen molar-refractivity contribution >= 4 is 11.6 Å². The molecule has 36 heavy (non-hydrogen) atoms. The highest BCUT2D eigenvalue weighted by atomic mass is 16.5. The summed E-state index contributed by atoms with van der Waals surface area (Å²) in [7, 11) is 4.75. The highest BCUT2D eigenvalue weighted by Gasteiger charge is 2.29. The van der Waals surface area contributed by atoms with Crippen molar-refractivity contribution in [2.45, 2.75) is 45.4 Å². The minimum Gasteiger partial charge on any atom is -0.497 e. The molecule has 0 aromatic heterocycles. The van der Waals surface area contributed by atoms with E-state index in [9.17, 15) is 9.90 Å². The van der Waals surface area contributed by atoms with Crippen LogP contribution in [0.1, 0.15) is 43.0 Å². The van der Waals surface area contributed by atoms with Crippen LogP contribution in [0.15, 0.2) is 54.6 Å². The van der Waals surface area contributed by atoms with Gasteiger partial charge in [-0.15, -0.1) is 0 Å². The Bertz CT molecular complexity index is 1230. The van der Waals surface area contributed by atoms with E-state index in [2.05, 4.69) is 0 Å². The summed E-state index contributed by atoms with van der Waals surface area (Å²) in [6, 6.07) is 16.6. The number of anilines is 1. The van der Waals surface area contributed by atoms with Crippen molar-refractivity contribution in [2.75, 3.05) is 26.2 Å². The van der Waals surface area contributed by atoms with Gasteiger partial charge in [0.05, 0.1) is 40.4 Å². The molecule has 3 aromatic rings. The molecule has 1 aliphatic rings. The number of ether oxygens (including phenoxy) is 4. The summed E-state index contributed by atoms with van der Waals surface area (Å²) in [5, 5.41) is 11.4. The number of rotatable bonds is 8. The van der Waals surface area contributed by atoms with Crippen molar-refractivity contribution in [3.05, 3.63) is 76.9 Å². The molecular weight excluding hydrogens is 458 g/mol. The van der Waals surface area contributed by atoms with Crippen molar-refractivity contribution < 1.29 is 28.8 Å². The lowest BCUT2D eigenvalue weighted by molar-refractivity contribution is -0.118. The van der Waals surface area contributed by atoms with Crippen LogP contribution in [-0.4, -0.2) is 38.4 Å². The van der Waals surface area contributed by atoms with Gasteiger partial charge in [0.25, 0.3) is 0 Å². The monoisotopic (exact) mass is 491 g/mol. The van der Waals surface area contributed by atoms with Gasteiger partial charge in [-0.1, -0.05) is 12.1 Å². The molecule has 0 fully saturated rings. The smallest absolute Gasteiger partial charge is 0.231 e. The van der Waals surface area contributed by atoms with E-state index in [0.29, 0.717) is 40.7 Å². The lowest BCUT2D eigenvalue weighted by atomic mass is 9.87. The number of carbonyl (C=O) groups excluding carboxylic acids is 1. The first kappa shape index (κ1) is 25.4. The fourth-order valence-corrected chi connectivity index (χ4v) is 4.43. The first-order chi connectivity index (χ1) is 17.2. The van der Waals surface area contributed by atoms with Gasteiger partial charge >= 0.3 is 0 Å². The van der Waals surface area contributed by atoms with E-state index >= 15 is 0 Å². The third-order valence-electron chi connectivity index (χ3n) is 6.47. The normalized spacial score (nSPS) is 14.8. The zero-order chi connectivity index (χ0) is 26.0. The van der Waals surface area contributed by atoms with E-state index in [1.807, 2.05) is 50.2 Å². The molecule has 0 saturated carbocycles. The molecule has 1 aliphatic heterocycles. The Balaban J connectivity index is 1.62. The van der Waals surface area contributed by atoms with Gasteiger partial charge in [-0.2, -0.15) is 0 Å². The molecule has 1 unspecified atom stereocenters. The number of aliphatic hydroxyl groups is 1. The SMILES string of the molecule is COc1cc(OC)cc(C(C)(O)c2ccc(N3Cc4cc(OC(C)C)c(OC)cc4CC3=O)cc2)c1. The minimum absolute atomic E-state index is 0.000812. The van der Waals surface area contributed by atoms with Crippen LogP contribution in [0.25, 0.3) is 0 Å². The Morgan fingerprint density at radius 1 is 0.833 bits per heavy atom. The summed E-state index contributed by atoms with van der Waals surface area (Å²) < 4.78 is 22.1. The highest BCUT2D eigenvalue weighted by Crippen LogP contribution is 2.38. The zero-order valence-electron chi connectivity index (χ0n) is 21.6. The molecule has 3 aromatic carbocycles. The van der Waals surface area contributed by atoms with Gasteiger partial charge in [0.15, 0.2) is 11.5 Å². The molecule has 190 valence electrons. The van der Waals surface area contributed by atoms with Crippen LogP contribution >= 0.6 is 0 Å². The molecule has 1 atom stereocenters. The minimum atomic E-state index is -1.29. The van der Waals surface area contributed by atoms with E-state index in [1.165, 1.54) is 0 Å². The van der Waals surface area contributed by atoms with Gasteiger partial charge in [-0.3, -0.25) is 4.79 Å². The molecule has 4 rings (SSSR count). The topological polar surface area (TPSA) is 77.5 Å². The lowest BCUT2D eigenvalue weighted by Crippen LogP contribution is -2.36. The summed E-state index contributed by atoms with van der Waals surface area (Å²) in [5.41, 5.74) is 2.75. The maximum atomic E-state index is 13.0. The second-order valence-electron chi connectivity index (χ2n) is 9.32. The van der Waals surface area contributed by atoms with Crippen molar-refractivity contribution in [3.8, 4) is 23.0 Å². The quantitative estimate of drug-likeness (QED) is 0.486. The molecule has 1 heterocycles. The van der Waals surface area contributed by atoms with E-state index in [4.69, 9.17) is 18.9 Å². The van der Waals surface area contributed by atoms with Crippen LogP contribution in [-0.2, 0) is 23.4 Å². The Hall–Kier alpha value is -3.71. The van der Waals surface area contributed by atoms with Crippen LogP contribution in [0.2, 0.25) is 0 Å². The number of carbonyl (C=O) groups is 1. The van der Waals surface area contributed by atoms with Gasteiger partial charge in [0.1, 0.15) is 17.1 Å². The third-order valence-corrected chi connectivity index (χ3v) is 6.47. The number of nitrogens with zero attached hydrogens (tertiary/aromatic N) is 1. The van der Waals surface area contributed by atoms with Gasteiger partial charge in [0, 0.05) is 11.8 Å². The Morgan fingerprint density at radius 3 is 2.00 bits per heavy atom. The van der Waals surface area contributed by atoms with Crippen molar-refractivity contribution in [2.24, 2.45) is 0 Å². The summed E-state index contributed by atoms with van der Waals surface area (Å²) in [6.45, 7) is 6.08. The predicted octanol–water partition coefficient (Wildman–Crippen LogP) is 4.84. The highest BCUT2D eigenvalue weighted by molar-refractivity contribution is 5.96. The molecule has 0 aliphatic carbocycles. The first-order valence-electron chi connectivity index (χ1n) is 11.9. The van der Waals surface area contributed by atoms with Gasteiger partial charge in [-0.05, 0) is 79.4 Å². The average molecular weight is 492 g/mol. The van der Waals surface area contributed by atoms with Crippen LogP contribution in [0.5, 0.6) is 23.0 Å².